The summed E-state index contributed by atoms with van der Waals surface area (Å²) in [5, 5.41) is 4.60. The van der Waals surface area contributed by atoms with Gasteiger partial charge in [-0.25, -0.2) is 10.4 Å². The molecule has 9 nitrogen and oxygen atoms in total. The summed E-state index contributed by atoms with van der Waals surface area (Å²) >= 11 is 0. The number of hydrogen-bond donors (Lipinski definition) is 1. The molecule has 0 aliphatic rings. The Labute approximate surface area is 163 Å². The average molecular weight is 391 g/mol. The Morgan fingerprint density at radius 3 is 2.75 bits per heavy atom. The van der Waals surface area contributed by atoms with Gasteiger partial charge in [0, 0.05) is 31.6 Å². The molecule has 2 rings (SSSR count). The highest BCUT2D eigenvalue weighted by Crippen LogP contribution is 2.28. The molecule has 0 aliphatic carbocycles. The van der Waals surface area contributed by atoms with Gasteiger partial charge in [-0.3, -0.25) is 4.79 Å². The first-order chi connectivity index (χ1) is 13.6. The lowest BCUT2D eigenvalue weighted by molar-refractivity contribution is -0.00785. The summed E-state index contributed by atoms with van der Waals surface area (Å²) in [4.78, 5) is 16.8. The molecule has 0 aliphatic heterocycles. The van der Waals surface area contributed by atoms with Crippen LogP contribution in [-0.2, 0) is 14.2 Å². The number of carbonyl (C=O) groups excluding carboxylic acids is 1. The number of carbonyl (C=O) groups is 1. The van der Waals surface area contributed by atoms with E-state index in [1.165, 1.54) is 6.07 Å². The third-order valence-electron chi connectivity index (χ3n) is 3.61. The quantitative estimate of drug-likeness (QED) is 0.218. The maximum atomic E-state index is 12.4. The van der Waals surface area contributed by atoms with Crippen molar-refractivity contribution in [2.45, 2.75) is 13.8 Å². The zero-order valence-corrected chi connectivity index (χ0v) is 16.5. The molecule has 1 amide bonds. The van der Waals surface area contributed by atoms with Gasteiger partial charge in [0.1, 0.15) is 17.2 Å². The van der Waals surface area contributed by atoms with Gasteiger partial charge in [0.25, 0.3) is 5.91 Å². The van der Waals surface area contributed by atoms with E-state index in [4.69, 9.17) is 23.7 Å². The molecule has 0 unspecified atom stereocenters. The lowest BCUT2D eigenvalue weighted by Gasteiger charge is -2.12. The second-order valence-corrected chi connectivity index (χ2v) is 5.56. The number of rotatable bonds is 10. The van der Waals surface area contributed by atoms with Gasteiger partial charge in [-0.15, -0.1) is 5.10 Å². The molecule has 0 bridgehead atoms. The molecular formula is C19H25N3O6. The molecule has 152 valence electrons. The van der Waals surface area contributed by atoms with Crippen LogP contribution in [0.4, 0.5) is 0 Å². The van der Waals surface area contributed by atoms with Crippen LogP contribution in [0.5, 0.6) is 11.5 Å². The van der Waals surface area contributed by atoms with Crippen LogP contribution in [-0.4, -0.2) is 57.6 Å². The van der Waals surface area contributed by atoms with Crippen LogP contribution >= 0.6 is 0 Å². The Morgan fingerprint density at radius 2 is 2.04 bits per heavy atom. The van der Waals surface area contributed by atoms with E-state index in [1.54, 1.807) is 33.3 Å². The second-order valence-electron chi connectivity index (χ2n) is 5.56. The van der Waals surface area contributed by atoms with Gasteiger partial charge in [-0.2, -0.15) is 0 Å². The molecule has 0 atom stereocenters. The van der Waals surface area contributed by atoms with Gasteiger partial charge in [-0.05, 0) is 19.1 Å². The van der Waals surface area contributed by atoms with Crippen LogP contribution < -0.4 is 14.9 Å². The molecule has 0 fully saturated rings. The van der Waals surface area contributed by atoms with Crippen LogP contribution in [0.1, 0.15) is 24.3 Å². The van der Waals surface area contributed by atoms with Gasteiger partial charge in [0.15, 0.2) is 6.79 Å². The predicted molar refractivity (Wildman–Crippen MR) is 104 cm³/mol. The van der Waals surface area contributed by atoms with Gasteiger partial charge in [-0.1, -0.05) is 0 Å². The van der Waals surface area contributed by atoms with E-state index in [0.717, 1.165) is 5.39 Å². The van der Waals surface area contributed by atoms with Crippen molar-refractivity contribution in [2.75, 3.05) is 40.8 Å². The van der Waals surface area contributed by atoms with Crippen molar-refractivity contribution < 1.29 is 28.5 Å². The normalized spacial score (nSPS) is 11.4. The summed E-state index contributed by atoms with van der Waals surface area (Å²) in [5.74, 6) is 0.932. The first-order valence-corrected chi connectivity index (χ1v) is 8.74. The lowest BCUT2D eigenvalue weighted by Crippen LogP contribution is -2.21. The number of ether oxygens (including phenoxy) is 5. The van der Waals surface area contributed by atoms with E-state index < -0.39 is 5.91 Å². The number of hydrazone groups is 1. The molecule has 0 saturated carbocycles. The summed E-state index contributed by atoms with van der Waals surface area (Å²) in [7, 11) is 3.15. The number of pyridine rings is 1. The number of fused-ring (bicyclic) bond motifs is 1. The first kappa shape index (κ1) is 21.4. The van der Waals surface area contributed by atoms with Crippen molar-refractivity contribution in [3.8, 4) is 11.5 Å². The smallest absolute Gasteiger partial charge is 0.290 e. The van der Waals surface area contributed by atoms with Crippen molar-refractivity contribution in [1.82, 2.24) is 10.4 Å². The summed E-state index contributed by atoms with van der Waals surface area (Å²) in [6.07, 6.45) is 0. The molecular weight excluding hydrogens is 366 g/mol. The zero-order valence-electron chi connectivity index (χ0n) is 16.5. The standard InChI is InChI=1S/C19H25N3O6/c1-5-27-13(2)21-22-19(23)17-11-18(28-12-26-9-8-24-3)15-7-6-14(25-4)10-16(15)20-17/h6-7,10-11H,5,8-9,12H2,1-4H3,(H,22,23). The van der Waals surface area contributed by atoms with Crippen molar-refractivity contribution in [1.29, 1.82) is 0 Å². The first-order valence-electron chi connectivity index (χ1n) is 8.74. The highest BCUT2D eigenvalue weighted by atomic mass is 16.7. The van der Waals surface area contributed by atoms with E-state index in [-0.39, 0.29) is 12.5 Å². The van der Waals surface area contributed by atoms with Crippen molar-refractivity contribution >= 4 is 22.7 Å². The SMILES string of the molecule is CCOC(C)=NNC(=O)c1cc(OCOCCOC)c2ccc(OC)cc2n1. The number of benzene rings is 1. The molecule has 2 aromatic rings. The fourth-order valence-corrected chi connectivity index (χ4v) is 2.27. The number of aromatic nitrogens is 1. The number of nitrogens with zero attached hydrogens (tertiary/aromatic N) is 2. The third kappa shape index (κ3) is 6.07. The largest absolute Gasteiger partial charge is 0.497 e. The Bertz CT molecular complexity index is 825. The predicted octanol–water partition coefficient (Wildman–Crippen LogP) is 2.34. The van der Waals surface area contributed by atoms with Crippen molar-refractivity contribution in [3.63, 3.8) is 0 Å². The molecule has 0 saturated heterocycles. The van der Waals surface area contributed by atoms with Crippen LogP contribution in [0.15, 0.2) is 29.4 Å². The highest BCUT2D eigenvalue weighted by Gasteiger charge is 2.14. The van der Waals surface area contributed by atoms with Gasteiger partial charge >= 0.3 is 0 Å². The Balaban J connectivity index is 2.26. The summed E-state index contributed by atoms with van der Waals surface area (Å²) < 4.78 is 26.4. The minimum absolute atomic E-state index is 0.0111. The van der Waals surface area contributed by atoms with E-state index in [2.05, 4.69) is 15.5 Å². The van der Waals surface area contributed by atoms with Gasteiger partial charge < -0.3 is 23.7 Å². The van der Waals surface area contributed by atoms with Crippen LogP contribution in [0.2, 0.25) is 0 Å². The molecule has 0 spiro atoms. The monoisotopic (exact) mass is 391 g/mol. The highest BCUT2D eigenvalue weighted by molar-refractivity contribution is 5.97. The zero-order chi connectivity index (χ0) is 20.4. The van der Waals surface area contributed by atoms with E-state index in [1.807, 2.05) is 13.0 Å². The van der Waals surface area contributed by atoms with E-state index in [9.17, 15) is 4.79 Å². The van der Waals surface area contributed by atoms with Crippen LogP contribution in [0.3, 0.4) is 0 Å². The van der Waals surface area contributed by atoms with Gasteiger partial charge in [0.2, 0.25) is 5.90 Å². The molecule has 1 aromatic carbocycles. The maximum Gasteiger partial charge on any atom is 0.290 e. The average Bonchev–Trinajstić information content (AvgIpc) is 2.71. The minimum Gasteiger partial charge on any atom is -0.497 e. The van der Waals surface area contributed by atoms with E-state index >= 15 is 0 Å². The molecule has 1 aromatic heterocycles. The molecule has 28 heavy (non-hydrogen) atoms. The Hall–Kier alpha value is -2.91. The number of nitrogens with one attached hydrogen (secondary N) is 1. The minimum atomic E-state index is -0.492. The molecule has 0 radical (unpaired) electrons. The van der Waals surface area contributed by atoms with Crippen LogP contribution in [0.25, 0.3) is 10.9 Å². The Morgan fingerprint density at radius 1 is 1.21 bits per heavy atom. The summed E-state index contributed by atoms with van der Waals surface area (Å²) in [6, 6.07) is 6.86. The van der Waals surface area contributed by atoms with Gasteiger partial charge in [0.05, 0.1) is 32.4 Å². The molecule has 1 heterocycles. The fourth-order valence-electron chi connectivity index (χ4n) is 2.27. The number of hydrogen-bond acceptors (Lipinski definition) is 8. The number of amides is 1. The Kier molecular flexibility index (Phi) is 8.44. The second kappa shape index (κ2) is 11.1. The topological polar surface area (TPSA) is 101 Å². The third-order valence-corrected chi connectivity index (χ3v) is 3.61. The summed E-state index contributed by atoms with van der Waals surface area (Å²) in [6.45, 7) is 4.80. The molecule has 1 N–H and O–H groups in total. The number of methoxy groups -OCH3 is 2. The van der Waals surface area contributed by atoms with Crippen molar-refractivity contribution in [2.24, 2.45) is 5.10 Å². The van der Waals surface area contributed by atoms with Crippen LogP contribution in [0, 0.1) is 0 Å². The van der Waals surface area contributed by atoms with Crippen molar-refractivity contribution in [3.05, 3.63) is 30.0 Å². The molecule has 9 heteroatoms. The summed E-state index contributed by atoms with van der Waals surface area (Å²) in [5.41, 5.74) is 3.10. The lowest BCUT2D eigenvalue weighted by atomic mass is 10.1. The fraction of sp³-hybridized carbons (Fsp3) is 0.421. The van der Waals surface area contributed by atoms with E-state index in [0.29, 0.717) is 42.7 Å². The maximum absolute atomic E-state index is 12.4.